The number of hydrogen-bond acceptors (Lipinski definition) is 5. The number of anilines is 1. The summed E-state index contributed by atoms with van der Waals surface area (Å²) in [7, 11) is 0. The zero-order valence-corrected chi connectivity index (χ0v) is 10.5. The zero-order valence-electron chi connectivity index (χ0n) is 9.72. The second kappa shape index (κ2) is 4.59. The molecule has 5 heteroatoms. The maximum absolute atomic E-state index is 12.0. The lowest BCUT2D eigenvalue weighted by molar-refractivity contribution is 0.0276. The molecule has 1 aromatic carbocycles. The number of thiophene rings is 1. The van der Waals surface area contributed by atoms with Gasteiger partial charge < -0.3 is 15.2 Å². The molecule has 1 fully saturated rings. The van der Waals surface area contributed by atoms with Crippen LogP contribution in [0.3, 0.4) is 0 Å². The van der Waals surface area contributed by atoms with Crippen LogP contribution in [-0.4, -0.2) is 25.3 Å². The van der Waals surface area contributed by atoms with E-state index in [2.05, 4.69) is 0 Å². The highest BCUT2D eigenvalue weighted by molar-refractivity contribution is 7.20. The maximum atomic E-state index is 12.0. The predicted molar refractivity (Wildman–Crippen MR) is 70.9 cm³/mol. The topological polar surface area (TPSA) is 61.6 Å². The SMILES string of the molecule is Nc1ccc2sc(C(=O)OC3CCOC3)cc2c1. The van der Waals surface area contributed by atoms with E-state index in [1.54, 1.807) is 0 Å². The van der Waals surface area contributed by atoms with Gasteiger partial charge in [0.15, 0.2) is 0 Å². The number of benzene rings is 1. The summed E-state index contributed by atoms with van der Waals surface area (Å²) in [5, 5.41) is 0.981. The summed E-state index contributed by atoms with van der Waals surface area (Å²) in [4.78, 5) is 12.6. The molecule has 1 saturated heterocycles. The highest BCUT2D eigenvalue weighted by Gasteiger charge is 2.21. The molecule has 1 aliphatic rings. The second-order valence-electron chi connectivity index (χ2n) is 4.30. The van der Waals surface area contributed by atoms with Crippen molar-refractivity contribution >= 4 is 33.1 Å². The molecule has 0 spiro atoms. The largest absolute Gasteiger partial charge is 0.456 e. The molecule has 3 rings (SSSR count). The van der Waals surface area contributed by atoms with Crippen molar-refractivity contribution < 1.29 is 14.3 Å². The number of nitrogens with two attached hydrogens (primary N) is 1. The molecule has 0 saturated carbocycles. The van der Waals surface area contributed by atoms with Crippen molar-refractivity contribution in [1.29, 1.82) is 0 Å². The van der Waals surface area contributed by atoms with Crippen molar-refractivity contribution in [2.45, 2.75) is 12.5 Å². The third kappa shape index (κ3) is 2.19. The number of rotatable bonds is 2. The molecule has 1 atom stereocenters. The van der Waals surface area contributed by atoms with E-state index in [9.17, 15) is 4.79 Å². The van der Waals surface area contributed by atoms with Crippen molar-refractivity contribution in [2.75, 3.05) is 18.9 Å². The van der Waals surface area contributed by atoms with Crippen LogP contribution < -0.4 is 5.73 Å². The molecule has 94 valence electrons. The summed E-state index contributed by atoms with van der Waals surface area (Å²) in [5.41, 5.74) is 6.41. The average molecular weight is 263 g/mol. The third-order valence-electron chi connectivity index (χ3n) is 2.90. The molecule has 2 aromatic rings. The Labute approximate surface area is 108 Å². The van der Waals surface area contributed by atoms with E-state index in [1.807, 2.05) is 24.3 Å². The number of carbonyl (C=O) groups is 1. The minimum Gasteiger partial charge on any atom is -0.456 e. The fourth-order valence-corrected chi connectivity index (χ4v) is 2.90. The summed E-state index contributed by atoms with van der Waals surface area (Å²) in [6.45, 7) is 1.17. The molecule has 2 N–H and O–H groups in total. The van der Waals surface area contributed by atoms with E-state index in [1.165, 1.54) is 11.3 Å². The van der Waals surface area contributed by atoms with Crippen LogP contribution in [0.25, 0.3) is 10.1 Å². The lowest BCUT2D eigenvalue weighted by atomic mass is 10.2. The zero-order chi connectivity index (χ0) is 12.5. The number of carbonyl (C=O) groups excluding carboxylic acids is 1. The number of hydrogen-bond donors (Lipinski definition) is 1. The lowest BCUT2D eigenvalue weighted by Crippen LogP contribution is -2.17. The van der Waals surface area contributed by atoms with Crippen molar-refractivity contribution in [3.63, 3.8) is 0 Å². The highest BCUT2D eigenvalue weighted by atomic mass is 32.1. The minimum atomic E-state index is -0.273. The smallest absolute Gasteiger partial charge is 0.348 e. The van der Waals surface area contributed by atoms with Gasteiger partial charge in [0.1, 0.15) is 11.0 Å². The van der Waals surface area contributed by atoms with Gasteiger partial charge in [0, 0.05) is 16.8 Å². The molecule has 0 radical (unpaired) electrons. The lowest BCUT2D eigenvalue weighted by Gasteiger charge is -2.08. The van der Waals surface area contributed by atoms with Gasteiger partial charge in [0.05, 0.1) is 13.2 Å². The van der Waals surface area contributed by atoms with Crippen molar-refractivity contribution in [2.24, 2.45) is 0 Å². The summed E-state index contributed by atoms with van der Waals surface area (Å²) in [6.07, 6.45) is 0.677. The summed E-state index contributed by atoms with van der Waals surface area (Å²) >= 11 is 1.43. The first kappa shape index (κ1) is 11.5. The molecule has 0 bridgehead atoms. The average Bonchev–Trinajstić information content (AvgIpc) is 2.96. The molecule has 1 aromatic heterocycles. The van der Waals surface area contributed by atoms with Gasteiger partial charge in [0.2, 0.25) is 0 Å². The second-order valence-corrected chi connectivity index (χ2v) is 5.38. The van der Waals surface area contributed by atoms with E-state index in [0.29, 0.717) is 23.8 Å². The van der Waals surface area contributed by atoms with E-state index in [-0.39, 0.29) is 12.1 Å². The van der Waals surface area contributed by atoms with E-state index < -0.39 is 0 Å². The van der Waals surface area contributed by atoms with Crippen LogP contribution in [0.1, 0.15) is 16.1 Å². The molecule has 2 heterocycles. The number of nitrogen functional groups attached to an aromatic ring is 1. The molecule has 1 aliphatic heterocycles. The number of ether oxygens (including phenoxy) is 2. The van der Waals surface area contributed by atoms with E-state index in [0.717, 1.165) is 16.5 Å². The van der Waals surface area contributed by atoms with Crippen LogP contribution in [-0.2, 0) is 9.47 Å². The minimum absolute atomic E-state index is 0.104. The summed E-state index contributed by atoms with van der Waals surface area (Å²) in [5.74, 6) is -0.273. The fraction of sp³-hybridized carbons (Fsp3) is 0.308. The van der Waals surface area contributed by atoms with Gasteiger partial charge in [0.25, 0.3) is 0 Å². The van der Waals surface area contributed by atoms with Crippen LogP contribution in [0, 0.1) is 0 Å². The highest BCUT2D eigenvalue weighted by Crippen LogP contribution is 2.28. The standard InChI is InChI=1S/C13H13NO3S/c14-9-1-2-11-8(5-9)6-12(18-11)13(15)17-10-3-4-16-7-10/h1-2,5-6,10H,3-4,7,14H2. The Bertz CT molecular complexity index is 587. The maximum Gasteiger partial charge on any atom is 0.348 e. The number of esters is 1. The van der Waals surface area contributed by atoms with Crippen molar-refractivity contribution in [1.82, 2.24) is 0 Å². The molecule has 1 unspecified atom stereocenters. The summed E-state index contributed by atoms with van der Waals surface area (Å²) < 4.78 is 11.6. The van der Waals surface area contributed by atoms with Crippen LogP contribution in [0.5, 0.6) is 0 Å². The molecular weight excluding hydrogens is 250 g/mol. The fourth-order valence-electron chi connectivity index (χ4n) is 1.98. The molecule has 0 aliphatic carbocycles. The Morgan fingerprint density at radius 2 is 2.33 bits per heavy atom. The molecule has 18 heavy (non-hydrogen) atoms. The van der Waals surface area contributed by atoms with Gasteiger partial charge in [-0.2, -0.15) is 0 Å². The van der Waals surface area contributed by atoms with Crippen molar-refractivity contribution in [3.8, 4) is 0 Å². The van der Waals surface area contributed by atoms with Gasteiger partial charge in [-0.3, -0.25) is 0 Å². The normalized spacial score (nSPS) is 19.2. The van der Waals surface area contributed by atoms with Gasteiger partial charge >= 0.3 is 5.97 Å². The predicted octanol–water partition coefficient (Wildman–Crippen LogP) is 2.43. The molecule has 4 nitrogen and oxygen atoms in total. The van der Waals surface area contributed by atoms with Crippen LogP contribution in [0.15, 0.2) is 24.3 Å². The van der Waals surface area contributed by atoms with Gasteiger partial charge in [-0.1, -0.05) is 0 Å². The Morgan fingerprint density at radius 1 is 1.44 bits per heavy atom. The third-order valence-corrected chi connectivity index (χ3v) is 4.00. The quantitative estimate of drug-likeness (QED) is 0.667. The van der Waals surface area contributed by atoms with Crippen molar-refractivity contribution in [3.05, 3.63) is 29.1 Å². The first-order chi connectivity index (χ1) is 8.72. The Kier molecular flexibility index (Phi) is 2.93. The van der Waals surface area contributed by atoms with Gasteiger partial charge in [-0.15, -0.1) is 11.3 Å². The van der Waals surface area contributed by atoms with Crippen LogP contribution in [0.4, 0.5) is 5.69 Å². The van der Waals surface area contributed by atoms with Crippen LogP contribution in [0.2, 0.25) is 0 Å². The van der Waals surface area contributed by atoms with E-state index >= 15 is 0 Å². The Morgan fingerprint density at radius 3 is 3.11 bits per heavy atom. The molecule has 0 amide bonds. The van der Waals surface area contributed by atoms with Crippen LogP contribution >= 0.6 is 11.3 Å². The first-order valence-electron chi connectivity index (χ1n) is 5.80. The van der Waals surface area contributed by atoms with E-state index in [4.69, 9.17) is 15.2 Å². The first-order valence-corrected chi connectivity index (χ1v) is 6.62. The summed E-state index contributed by atoms with van der Waals surface area (Å²) in [6, 6.07) is 7.44. The number of fused-ring (bicyclic) bond motifs is 1. The Balaban J connectivity index is 1.82. The van der Waals surface area contributed by atoms with Gasteiger partial charge in [-0.25, -0.2) is 4.79 Å². The van der Waals surface area contributed by atoms with Gasteiger partial charge in [-0.05, 0) is 29.7 Å². The Hall–Kier alpha value is -1.59. The monoisotopic (exact) mass is 263 g/mol. The molecular formula is C13H13NO3S.